The minimum absolute atomic E-state index is 0.0183. The molecule has 6 heteroatoms. The number of hydrogen-bond donors (Lipinski definition) is 2. The second-order valence-corrected chi connectivity index (χ2v) is 5.28. The van der Waals surface area contributed by atoms with E-state index in [0.29, 0.717) is 0 Å². The third kappa shape index (κ3) is 2.90. The van der Waals surface area contributed by atoms with Crippen LogP contribution in [0, 0.1) is 20.8 Å². The molecule has 2 heterocycles. The normalized spacial score (nSPS) is 12.7. The monoisotopic (exact) mass is 263 g/mol. The summed E-state index contributed by atoms with van der Waals surface area (Å²) in [6.45, 7) is 5.87. The van der Waals surface area contributed by atoms with Crippen LogP contribution < -0.4 is 11.3 Å². The standard InChI is InChI=1S/C12H17N5S/c1-7-4-10(9(3)17-16-7)11(15-13)5-12-14-8(2)6-18-12/h4,6,11,15H,5,13H2,1-3H3. The van der Waals surface area contributed by atoms with Crippen molar-refractivity contribution in [3.05, 3.63) is 39.1 Å². The highest BCUT2D eigenvalue weighted by Crippen LogP contribution is 2.22. The van der Waals surface area contributed by atoms with Gasteiger partial charge in [0.1, 0.15) is 0 Å². The summed E-state index contributed by atoms with van der Waals surface area (Å²) in [5.41, 5.74) is 6.77. The predicted octanol–water partition coefficient (Wildman–Crippen LogP) is 1.61. The Hall–Kier alpha value is -1.37. The van der Waals surface area contributed by atoms with Crippen LogP contribution in [-0.2, 0) is 6.42 Å². The Bertz CT molecular complexity index is 537. The van der Waals surface area contributed by atoms with Gasteiger partial charge in [0.05, 0.1) is 22.4 Å². The molecule has 0 aliphatic heterocycles. The first-order valence-electron chi connectivity index (χ1n) is 5.78. The Morgan fingerprint density at radius 1 is 1.28 bits per heavy atom. The minimum atomic E-state index is 0.0183. The predicted molar refractivity (Wildman–Crippen MR) is 72.1 cm³/mol. The van der Waals surface area contributed by atoms with Crippen molar-refractivity contribution in [2.75, 3.05) is 0 Å². The topological polar surface area (TPSA) is 76.7 Å². The highest BCUT2D eigenvalue weighted by atomic mass is 32.1. The van der Waals surface area contributed by atoms with Crippen LogP contribution in [0.1, 0.15) is 33.7 Å². The van der Waals surface area contributed by atoms with E-state index < -0.39 is 0 Å². The van der Waals surface area contributed by atoms with Crippen LogP contribution in [0.15, 0.2) is 11.4 Å². The van der Waals surface area contributed by atoms with Gasteiger partial charge in [-0.3, -0.25) is 11.3 Å². The number of nitrogens with zero attached hydrogens (tertiary/aromatic N) is 3. The van der Waals surface area contributed by atoms with Crippen LogP contribution >= 0.6 is 11.3 Å². The van der Waals surface area contributed by atoms with Gasteiger partial charge in [0.2, 0.25) is 0 Å². The molecule has 5 nitrogen and oxygen atoms in total. The van der Waals surface area contributed by atoms with E-state index in [2.05, 4.69) is 20.6 Å². The fourth-order valence-corrected chi connectivity index (χ4v) is 2.67. The van der Waals surface area contributed by atoms with Crippen LogP contribution in [-0.4, -0.2) is 15.2 Å². The van der Waals surface area contributed by atoms with E-state index >= 15 is 0 Å². The van der Waals surface area contributed by atoms with Crippen molar-refractivity contribution >= 4 is 11.3 Å². The molecule has 2 aromatic heterocycles. The molecule has 0 saturated carbocycles. The average molecular weight is 263 g/mol. The summed E-state index contributed by atoms with van der Waals surface area (Å²) in [4.78, 5) is 4.46. The second kappa shape index (κ2) is 5.51. The molecule has 18 heavy (non-hydrogen) atoms. The van der Waals surface area contributed by atoms with Gasteiger partial charge in [-0.25, -0.2) is 4.98 Å². The molecule has 0 radical (unpaired) electrons. The Morgan fingerprint density at radius 3 is 2.67 bits per heavy atom. The number of nitrogens with one attached hydrogen (secondary N) is 1. The lowest BCUT2D eigenvalue weighted by Crippen LogP contribution is -2.30. The number of aryl methyl sites for hydroxylation is 3. The van der Waals surface area contributed by atoms with Crippen molar-refractivity contribution in [1.29, 1.82) is 0 Å². The van der Waals surface area contributed by atoms with Gasteiger partial charge in [0, 0.05) is 17.5 Å². The zero-order valence-corrected chi connectivity index (χ0v) is 11.6. The van der Waals surface area contributed by atoms with E-state index in [4.69, 9.17) is 5.84 Å². The summed E-state index contributed by atoms with van der Waals surface area (Å²) in [7, 11) is 0. The van der Waals surface area contributed by atoms with Gasteiger partial charge in [-0.2, -0.15) is 10.2 Å². The lowest BCUT2D eigenvalue weighted by molar-refractivity contribution is 0.542. The maximum atomic E-state index is 5.66. The highest BCUT2D eigenvalue weighted by molar-refractivity contribution is 7.09. The molecule has 0 amide bonds. The molecule has 0 aromatic carbocycles. The average Bonchev–Trinajstić information content (AvgIpc) is 2.75. The number of hydrazine groups is 1. The maximum Gasteiger partial charge on any atom is 0.0947 e. The van der Waals surface area contributed by atoms with E-state index in [1.54, 1.807) is 11.3 Å². The van der Waals surface area contributed by atoms with Crippen LogP contribution in [0.5, 0.6) is 0 Å². The van der Waals surface area contributed by atoms with E-state index in [0.717, 1.165) is 34.1 Å². The Labute approximate surface area is 110 Å². The Morgan fingerprint density at radius 2 is 2.06 bits per heavy atom. The number of hydrogen-bond acceptors (Lipinski definition) is 6. The van der Waals surface area contributed by atoms with Crippen molar-refractivity contribution < 1.29 is 0 Å². The molecule has 0 bridgehead atoms. The smallest absolute Gasteiger partial charge is 0.0947 e. The summed E-state index contributed by atoms with van der Waals surface area (Å²) in [5.74, 6) is 5.66. The fraction of sp³-hybridized carbons (Fsp3) is 0.417. The van der Waals surface area contributed by atoms with Crippen molar-refractivity contribution in [3.63, 3.8) is 0 Å². The molecule has 0 spiro atoms. The summed E-state index contributed by atoms with van der Waals surface area (Å²) < 4.78 is 0. The number of thiazole rings is 1. The van der Waals surface area contributed by atoms with Crippen molar-refractivity contribution in [2.24, 2.45) is 5.84 Å². The van der Waals surface area contributed by atoms with E-state index in [-0.39, 0.29) is 6.04 Å². The second-order valence-electron chi connectivity index (χ2n) is 4.33. The fourth-order valence-electron chi connectivity index (χ4n) is 1.85. The molecule has 1 unspecified atom stereocenters. The highest BCUT2D eigenvalue weighted by Gasteiger charge is 2.16. The molecule has 3 N–H and O–H groups in total. The Balaban J connectivity index is 2.25. The molecule has 2 rings (SSSR count). The molecule has 0 fully saturated rings. The molecule has 2 aromatic rings. The van der Waals surface area contributed by atoms with E-state index in [9.17, 15) is 0 Å². The zero-order valence-electron chi connectivity index (χ0n) is 10.8. The summed E-state index contributed by atoms with van der Waals surface area (Å²) >= 11 is 1.66. The largest absolute Gasteiger partial charge is 0.271 e. The molecular weight excluding hydrogens is 246 g/mol. The van der Waals surface area contributed by atoms with E-state index in [1.165, 1.54) is 0 Å². The van der Waals surface area contributed by atoms with Crippen LogP contribution in [0.4, 0.5) is 0 Å². The lowest BCUT2D eigenvalue weighted by atomic mass is 10.0. The van der Waals surface area contributed by atoms with Crippen molar-refractivity contribution in [2.45, 2.75) is 33.2 Å². The minimum Gasteiger partial charge on any atom is -0.271 e. The molecule has 0 saturated heterocycles. The summed E-state index contributed by atoms with van der Waals surface area (Å²) in [5, 5.41) is 11.3. The van der Waals surface area contributed by atoms with Gasteiger partial charge < -0.3 is 0 Å². The van der Waals surface area contributed by atoms with Gasteiger partial charge in [0.25, 0.3) is 0 Å². The molecule has 96 valence electrons. The third-order valence-corrected chi connectivity index (χ3v) is 3.75. The molecule has 0 aliphatic rings. The maximum absolute atomic E-state index is 5.66. The number of nitrogens with two attached hydrogens (primary N) is 1. The van der Waals surface area contributed by atoms with Gasteiger partial charge in [-0.05, 0) is 32.4 Å². The van der Waals surface area contributed by atoms with Gasteiger partial charge >= 0.3 is 0 Å². The van der Waals surface area contributed by atoms with Crippen LogP contribution in [0.2, 0.25) is 0 Å². The zero-order chi connectivity index (χ0) is 13.1. The number of aromatic nitrogens is 3. The van der Waals surface area contributed by atoms with Crippen LogP contribution in [0.25, 0.3) is 0 Å². The molecule has 0 aliphatic carbocycles. The first-order chi connectivity index (χ1) is 8.60. The van der Waals surface area contributed by atoms with Crippen molar-refractivity contribution in [1.82, 2.24) is 20.6 Å². The van der Waals surface area contributed by atoms with Crippen LogP contribution in [0.3, 0.4) is 0 Å². The summed E-state index contributed by atoms with van der Waals surface area (Å²) in [6.07, 6.45) is 0.765. The van der Waals surface area contributed by atoms with Gasteiger partial charge in [0.15, 0.2) is 0 Å². The Kier molecular flexibility index (Phi) is 4.00. The quantitative estimate of drug-likeness (QED) is 0.647. The van der Waals surface area contributed by atoms with Gasteiger partial charge in [-0.15, -0.1) is 11.3 Å². The van der Waals surface area contributed by atoms with E-state index in [1.807, 2.05) is 32.2 Å². The first kappa shape index (κ1) is 13.1. The third-order valence-electron chi connectivity index (χ3n) is 2.76. The van der Waals surface area contributed by atoms with Gasteiger partial charge in [-0.1, -0.05) is 0 Å². The molecular formula is C12H17N5S. The van der Waals surface area contributed by atoms with Crippen molar-refractivity contribution in [3.8, 4) is 0 Å². The SMILES string of the molecule is Cc1cc(C(Cc2nc(C)cs2)NN)c(C)nn1. The lowest BCUT2D eigenvalue weighted by Gasteiger charge is -2.16. The summed E-state index contributed by atoms with van der Waals surface area (Å²) in [6, 6.07) is 2.04. The molecule has 1 atom stereocenters. The first-order valence-corrected chi connectivity index (χ1v) is 6.66. The number of rotatable bonds is 4.